The number of fused-ring (bicyclic) bond motifs is 9. The third-order valence-corrected chi connectivity index (χ3v) is 16.7. The first kappa shape index (κ1) is 27.4. The van der Waals surface area contributed by atoms with Crippen molar-refractivity contribution in [2.24, 2.45) is 0 Å². The zero-order valence-corrected chi connectivity index (χ0v) is 28.6. The molecule has 0 N–H and O–H groups in total. The number of nitrogens with zero attached hydrogens (tertiary/aromatic N) is 2. The van der Waals surface area contributed by atoms with Gasteiger partial charge < -0.3 is 9.80 Å². The van der Waals surface area contributed by atoms with E-state index in [9.17, 15) is 0 Å². The van der Waals surface area contributed by atoms with Crippen molar-refractivity contribution in [3.8, 4) is 0 Å². The van der Waals surface area contributed by atoms with Crippen LogP contribution >= 0.6 is 0 Å². The third kappa shape index (κ3) is 3.23. The largest absolute Gasteiger partial charge is 0.312 e. The van der Waals surface area contributed by atoms with E-state index >= 15 is 0 Å². The summed E-state index contributed by atoms with van der Waals surface area (Å²) >= 11 is 0. The van der Waals surface area contributed by atoms with Crippen LogP contribution in [-0.4, -0.2) is 14.8 Å². The molecule has 0 radical (unpaired) electrons. The van der Waals surface area contributed by atoms with E-state index in [2.05, 4.69) is 187 Å². The molecule has 0 unspecified atom stereocenters. The maximum Gasteiger partial charge on any atom is 0.252 e. The molecule has 230 valence electrons. The molecule has 0 fully saturated rings. The fourth-order valence-electron chi connectivity index (χ4n) is 9.96. The topological polar surface area (TPSA) is 6.48 Å². The number of anilines is 6. The van der Waals surface area contributed by atoms with Gasteiger partial charge in [0.25, 0.3) is 6.71 Å². The first-order valence-electron chi connectivity index (χ1n) is 17.4. The smallest absolute Gasteiger partial charge is 0.252 e. The van der Waals surface area contributed by atoms with Gasteiger partial charge in [0, 0.05) is 33.9 Å². The number of hydrogen-bond donors (Lipinski definition) is 0. The summed E-state index contributed by atoms with van der Waals surface area (Å²) < 4.78 is 0. The summed E-state index contributed by atoms with van der Waals surface area (Å²) in [6.07, 6.45) is 0. The van der Waals surface area contributed by atoms with Gasteiger partial charge in [-0.2, -0.15) is 0 Å². The fourth-order valence-corrected chi connectivity index (χ4v) is 15.1. The van der Waals surface area contributed by atoms with E-state index in [-0.39, 0.29) is 12.1 Å². The highest BCUT2D eigenvalue weighted by atomic mass is 28.3. The molecular weight excluding hydrogens is 607 g/mol. The van der Waals surface area contributed by atoms with E-state index in [1.165, 1.54) is 82.4 Å². The zero-order chi connectivity index (χ0) is 32.5. The van der Waals surface area contributed by atoms with Gasteiger partial charge in [-0.1, -0.05) is 153 Å². The van der Waals surface area contributed by atoms with Crippen LogP contribution in [0.15, 0.2) is 164 Å². The lowest BCUT2D eigenvalue weighted by molar-refractivity contribution is 0.632. The Bertz CT molecular complexity index is 2470. The third-order valence-electron chi connectivity index (χ3n) is 11.9. The number of hydrogen-bond acceptors (Lipinski definition) is 2. The molecule has 49 heavy (non-hydrogen) atoms. The van der Waals surface area contributed by atoms with Gasteiger partial charge in [0.2, 0.25) is 0 Å². The monoisotopic (exact) mass is 640 g/mol. The molecule has 0 amide bonds. The first-order chi connectivity index (χ1) is 24.1. The summed E-state index contributed by atoms with van der Waals surface area (Å²) in [5.41, 5.74) is 14.7. The van der Waals surface area contributed by atoms with E-state index in [0.29, 0.717) is 0 Å². The second-order valence-corrected chi connectivity index (χ2v) is 18.2. The summed E-state index contributed by atoms with van der Waals surface area (Å²) in [6.45, 7) is 4.93. The average molecular weight is 641 g/mol. The van der Waals surface area contributed by atoms with Crippen LogP contribution in [-0.2, 0) is 5.41 Å². The Hall–Kier alpha value is -5.58. The van der Waals surface area contributed by atoms with E-state index in [1.54, 1.807) is 0 Å². The predicted molar refractivity (Wildman–Crippen MR) is 210 cm³/mol. The lowest BCUT2D eigenvalue weighted by Gasteiger charge is -2.53. The predicted octanol–water partition coefficient (Wildman–Crippen LogP) is 6.10. The highest BCUT2D eigenvalue weighted by molar-refractivity contribution is 7.22. The minimum absolute atomic E-state index is 0.119. The van der Waals surface area contributed by atoms with Gasteiger partial charge in [-0.05, 0) is 72.5 Å². The molecule has 4 aliphatic rings. The molecule has 0 bridgehead atoms. The van der Waals surface area contributed by atoms with E-state index in [0.717, 1.165) is 0 Å². The Labute approximate surface area is 289 Å². The van der Waals surface area contributed by atoms with Crippen LogP contribution in [0.3, 0.4) is 0 Å². The second-order valence-electron chi connectivity index (χ2n) is 14.4. The number of rotatable bonds is 2. The van der Waals surface area contributed by atoms with Crippen LogP contribution in [0.2, 0.25) is 0 Å². The highest BCUT2D eigenvalue weighted by Crippen LogP contribution is 2.54. The van der Waals surface area contributed by atoms with Crippen molar-refractivity contribution in [2.45, 2.75) is 19.3 Å². The number of benzene rings is 7. The second kappa shape index (κ2) is 9.52. The standard InChI is InChI=1S/C45H33BN2Si/c1-45(2)32-20-9-11-23-36(32)47-37-24-12-10-21-34(37)46-35-22-15-27-41-44(35)48(39-29-28-33(45)43(47)42(39)46)38-25-13-14-26-40(38)49(41,30-16-5-3-6-17-30)31-18-7-4-8-19-31/h3-29H,1-2H3. The first-order valence-corrected chi connectivity index (χ1v) is 19.4. The van der Waals surface area contributed by atoms with Crippen molar-refractivity contribution in [1.29, 1.82) is 0 Å². The molecular formula is C45H33BN2Si. The Morgan fingerprint density at radius 2 is 1.00 bits per heavy atom. The van der Waals surface area contributed by atoms with Crippen LogP contribution < -0.4 is 46.9 Å². The normalized spacial score (nSPS) is 16.2. The summed E-state index contributed by atoms with van der Waals surface area (Å²) in [5.74, 6) is 0. The Morgan fingerprint density at radius 1 is 0.429 bits per heavy atom. The Balaban J connectivity index is 1.31. The average Bonchev–Trinajstić information content (AvgIpc) is 3.16. The molecule has 4 aliphatic heterocycles. The van der Waals surface area contributed by atoms with Gasteiger partial charge in [-0.15, -0.1) is 0 Å². The van der Waals surface area contributed by atoms with Crippen LogP contribution in [0.25, 0.3) is 0 Å². The molecule has 4 heterocycles. The van der Waals surface area contributed by atoms with Crippen molar-refractivity contribution in [3.63, 3.8) is 0 Å². The van der Waals surface area contributed by atoms with Gasteiger partial charge >= 0.3 is 0 Å². The Morgan fingerprint density at radius 3 is 1.76 bits per heavy atom. The maximum absolute atomic E-state index is 2.73. The zero-order valence-electron chi connectivity index (χ0n) is 27.6. The fraction of sp³-hybridized carbons (Fsp3) is 0.0667. The summed E-state index contributed by atoms with van der Waals surface area (Å²) in [7, 11) is -2.73. The minimum Gasteiger partial charge on any atom is -0.312 e. The molecule has 7 aromatic rings. The molecule has 0 saturated carbocycles. The van der Waals surface area contributed by atoms with Gasteiger partial charge in [0.15, 0.2) is 8.07 Å². The van der Waals surface area contributed by atoms with Crippen molar-refractivity contribution in [2.75, 3.05) is 9.80 Å². The molecule has 7 aromatic carbocycles. The molecule has 0 aromatic heterocycles. The van der Waals surface area contributed by atoms with E-state index < -0.39 is 8.07 Å². The maximum atomic E-state index is 2.64. The Kier molecular flexibility index (Phi) is 5.32. The molecule has 4 heteroatoms. The van der Waals surface area contributed by atoms with Crippen molar-refractivity contribution >= 4 is 86.0 Å². The SMILES string of the molecule is CC1(C)c2ccccc2N2c3ccccc3B3c4cccc5c4N(c4ccccc4[Si]5(c4ccccc4)c4ccccc4)c4ccc1c2c43. The van der Waals surface area contributed by atoms with E-state index in [4.69, 9.17) is 0 Å². The highest BCUT2D eigenvalue weighted by Gasteiger charge is 2.54. The van der Waals surface area contributed by atoms with Crippen LogP contribution in [0.1, 0.15) is 25.0 Å². The quantitative estimate of drug-likeness (QED) is 0.211. The molecule has 0 spiro atoms. The molecule has 0 aliphatic carbocycles. The van der Waals surface area contributed by atoms with Gasteiger partial charge in [-0.25, -0.2) is 0 Å². The summed E-state index contributed by atoms with van der Waals surface area (Å²) in [4.78, 5) is 5.22. The molecule has 0 saturated heterocycles. The summed E-state index contributed by atoms with van der Waals surface area (Å²) in [6, 6.07) is 62.3. The van der Waals surface area contributed by atoms with Crippen molar-refractivity contribution < 1.29 is 0 Å². The van der Waals surface area contributed by atoms with Crippen LogP contribution in [0.4, 0.5) is 34.1 Å². The van der Waals surface area contributed by atoms with E-state index in [1.807, 2.05) is 0 Å². The number of para-hydroxylation sites is 4. The van der Waals surface area contributed by atoms with Crippen LogP contribution in [0, 0.1) is 0 Å². The van der Waals surface area contributed by atoms with Gasteiger partial charge in [0.05, 0.1) is 5.69 Å². The van der Waals surface area contributed by atoms with Crippen molar-refractivity contribution in [1.82, 2.24) is 0 Å². The lowest BCUT2D eigenvalue weighted by atomic mass is 9.33. The molecule has 11 rings (SSSR count). The molecule has 0 atom stereocenters. The minimum atomic E-state index is -2.73. The summed E-state index contributed by atoms with van der Waals surface area (Å²) in [5, 5.41) is 5.76. The molecule has 2 nitrogen and oxygen atoms in total. The van der Waals surface area contributed by atoms with Crippen molar-refractivity contribution in [3.05, 3.63) is 175 Å². The van der Waals surface area contributed by atoms with Gasteiger partial charge in [0.1, 0.15) is 0 Å². The van der Waals surface area contributed by atoms with Gasteiger partial charge in [-0.3, -0.25) is 0 Å². The lowest BCUT2D eigenvalue weighted by Crippen LogP contribution is -2.79. The van der Waals surface area contributed by atoms with Crippen LogP contribution in [0.5, 0.6) is 0 Å².